The first-order valence-electron chi connectivity index (χ1n) is 14.4. The Hall–Kier alpha value is -3.44. The Kier molecular flexibility index (Phi) is 10.8. The predicted octanol–water partition coefficient (Wildman–Crippen LogP) is 5.64. The van der Waals surface area contributed by atoms with Crippen LogP contribution in [-0.2, 0) is 30.6 Å². The van der Waals surface area contributed by atoms with Crippen LogP contribution in [-0.4, -0.2) is 57.3 Å². The third kappa shape index (κ3) is 7.94. The molecule has 11 heteroatoms. The van der Waals surface area contributed by atoms with Crippen LogP contribution in [0.3, 0.4) is 0 Å². The molecule has 1 amide bonds. The highest BCUT2D eigenvalue weighted by Crippen LogP contribution is 2.46. The van der Waals surface area contributed by atoms with Gasteiger partial charge in [-0.1, -0.05) is 51.0 Å². The van der Waals surface area contributed by atoms with Crippen molar-refractivity contribution in [3.05, 3.63) is 77.0 Å². The highest BCUT2D eigenvalue weighted by atomic mass is 79.9. The molecule has 0 saturated heterocycles. The summed E-state index contributed by atoms with van der Waals surface area (Å²) in [7, 11) is -2.47. The number of anilines is 2. The van der Waals surface area contributed by atoms with E-state index in [0.717, 1.165) is 30.5 Å². The number of nitrogens with one attached hydrogen (secondary N) is 1. The van der Waals surface area contributed by atoms with E-state index in [1.165, 1.54) is 13.2 Å². The number of hydrogen-bond donors (Lipinski definition) is 1. The largest absolute Gasteiger partial charge is 0.483 e. The summed E-state index contributed by atoms with van der Waals surface area (Å²) in [6.07, 6.45) is 6.84. The summed E-state index contributed by atoms with van der Waals surface area (Å²) in [5, 5.41) is 2.65. The summed E-state index contributed by atoms with van der Waals surface area (Å²) < 4.78 is 39.2. The molecule has 0 radical (unpaired) electrons. The molecule has 0 spiro atoms. The summed E-state index contributed by atoms with van der Waals surface area (Å²) in [5.41, 5.74) is 1.78. The quantitative estimate of drug-likeness (QED) is 0.246. The Labute approximate surface area is 262 Å². The molecule has 1 N–H and O–H groups in total. The van der Waals surface area contributed by atoms with Gasteiger partial charge in [-0.15, -0.1) is 0 Å². The zero-order valence-corrected chi connectivity index (χ0v) is 27.1. The average Bonchev–Trinajstić information content (AvgIpc) is 3.10. The number of hydrogen-bond acceptors (Lipinski definition) is 8. The number of benzene rings is 2. The van der Waals surface area contributed by atoms with Gasteiger partial charge in [0.2, 0.25) is 0 Å². The van der Waals surface area contributed by atoms with Gasteiger partial charge in [-0.3, -0.25) is 9.78 Å². The van der Waals surface area contributed by atoms with E-state index in [4.69, 9.17) is 9.47 Å². The maximum atomic E-state index is 14.0. The van der Waals surface area contributed by atoms with E-state index in [0.29, 0.717) is 23.1 Å². The Balaban J connectivity index is 1.62. The predicted molar refractivity (Wildman–Crippen MR) is 169 cm³/mol. The molecule has 0 fully saturated rings. The minimum absolute atomic E-state index is 0.0174. The molecule has 43 heavy (non-hydrogen) atoms. The summed E-state index contributed by atoms with van der Waals surface area (Å²) in [5.74, 6) is -0.925. The second kappa shape index (κ2) is 14.4. The first-order valence-corrected chi connectivity index (χ1v) is 16.8. The van der Waals surface area contributed by atoms with Crippen molar-refractivity contribution in [3.8, 4) is 5.75 Å². The van der Waals surface area contributed by atoms with Crippen molar-refractivity contribution in [2.24, 2.45) is 5.41 Å². The van der Waals surface area contributed by atoms with Gasteiger partial charge < -0.3 is 19.7 Å². The van der Waals surface area contributed by atoms with E-state index >= 15 is 0 Å². The van der Waals surface area contributed by atoms with E-state index in [9.17, 15) is 18.0 Å². The highest BCUT2D eigenvalue weighted by molar-refractivity contribution is 9.10. The number of fused-ring (bicyclic) bond motifs is 1. The van der Waals surface area contributed by atoms with Crippen LogP contribution in [0.25, 0.3) is 0 Å². The van der Waals surface area contributed by atoms with Crippen molar-refractivity contribution in [2.75, 3.05) is 30.9 Å². The number of rotatable bonds is 12. The second-order valence-corrected chi connectivity index (χ2v) is 13.7. The number of halogens is 1. The monoisotopic (exact) mass is 671 g/mol. The molecular weight excluding hydrogens is 634 g/mol. The fourth-order valence-electron chi connectivity index (χ4n) is 5.44. The van der Waals surface area contributed by atoms with Gasteiger partial charge in [0.25, 0.3) is 5.91 Å². The van der Waals surface area contributed by atoms with Crippen LogP contribution in [0.4, 0.5) is 11.4 Å². The third-order valence-corrected chi connectivity index (χ3v) is 10.5. The number of pyridine rings is 1. The molecule has 0 aliphatic carbocycles. The van der Waals surface area contributed by atoms with Crippen molar-refractivity contribution in [1.82, 2.24) is 10.3 Å². The number of unbranched alkanes of at least 4 members (excludes halogenated alkanes) is 1. The fourth-order valence-corrected chi connectivity index (χ4v) is 8.06. The average molecular weight is 673 g/mol. The van der Waals surface area contributed by atoms with Crippen LogP contribution in [0.1, 0.15) is 45.1 Å². The van der Waals surface area contributed by atoms with Crippen LogP contribution >= 0.6 is 15.9 Å². The number of amides is 1. The molecule has 0 bridgehead atoms. The van der Waals surface area contributed by atoms with E-state index in [1.54, 1.807) is 30.6 Å². The van der Waals surface area contributed by atoms with Crippen molar-refractivity contribution in [3.63, 3.8) is 0 Å². The summed E-state index contributed by atoms with van der Waals surface area (Å²) in [4.78, 5) is 31.5. The molecule has 3 aromatic rings. The topological polar surface area (TPSA) is 115 Å². The lowest BCUT2D eigenvalue weighted by molar-refractivity contribution is -0.145. The van der Waals surface area contributed by atoms with Crippen LogP contribution in [0.5, 0.6) is 5.75 Å². The number of esters is 1. The molecule has 230 valence electrons. The molecule has 2 unspecified atom stereocenters. The van der Waals surface area contributed by atoms with Gasteiger partial charge >= 0.3 is 5.97 Å². The van der Waals surface area contributed by atoms with Gasteiger partial charge in [0, 0.05) is 42.5 Å². The van der Waals surface area contributed by atoms with Crippen molar-refractivity contribution in [2.45, 2.75) is 56.9 Å². The normalized spacial score (nSPS) is 18.2. The summed E-state index contributed by atoms with van der Waals surface area (Å²) in [6.45, 7) is 4.29. The Morgan fingerprint density at radius 3 is 2.56 bits per heavy atom. The lowest BCUT2D eigenvalue weighted by Crippen LogP contribution is -2.45. The second-order valence-electron chi connectivity index (χ2n) is 10.9. The standard InChI is InChI=1S/C32H38BrN3O6S/c1-4-6-14-32(5-2)21-36(24-12-8-7-9-13-24)27-17-25(33)28(18-29(27)43(39,40)22-32)42-20-30(37)35-26(31(38)41-3)16-23-11-10-15-34-19-23/h7-13,15,17-19,26H,4-6,14,16,20-22H2,1-3H3,(H,35,37). The molecular formula is C32H38BrN3O6S. The van der Waals surface area contributed by atoms with Gasteiger partial charge in [0.15, 0.2) is 16.4 Å². The number of para-hydroxylation sites is 1. The van der Waals surface area contributed by atoms with Crippen LogP contribution in [0.15, 0.2) is 76.4 Å². The summed E-state index contributed by atoms with van der Waals surface area (Å²) in [6, 6.07) is 15.6. The van der Waals surface area contributed by atoms with Crippen molar-refractivity contribution in [1.29, 1.82) is 0 Å². The van der Waals surface area contributed by atoms with E-state index < -0.39 is 39.8 Å². The summed E-state index contributed by atoms with van der Waals surface area (Å²) >= 11 is 3.55. The molecule has 1 aliphatic rings. The van der Waals surface area contributed by atoms with Crippen LogP contribution < -0.4 is 15.0 Å². The SMILES string of the molecule is CCCCC1(CC)CN(c2ccccc2)c2cc(Br)c(OCC(=O)NC(Cc3cccnc3)C(=O)OC)cc2S(=O)(=O)C1. The highest BCUT2D eigenvalue weighted by Gasteiger charge is 2.42. The molecule has 9 nitrogen and oxygen atoms in total. The van der Waals surface area contributed by atoms with Crippen LogP contribution in [0, 0.1) is 5.41 Å². The molecule has 0 saturated carbocycles. The lowest BCUT2D eigenvalue weighted by atomic mass is 9.81. The van der Waals surface area contributed by atoms with Gasteiger partial charge in [-0.25, -0.2) is 13.2 Å². The maximum absolute atomic E-state index is 14.0. The molecule has 1 aliphatic heterocycles. The van der Waals surface area contributed by atoms with Gasteiger partial charge in [0.1, 0.15) is 11.8 Å². The third-order valence-electron chi connectivity index (χ3n) is 7.85. The number of methoxy groups -OCH3 is 1. The number of aromatic nitrogens is 1. The minimum atomic E-state index is -3.73. The minimum Gasteiger partial charge on any atom is -0.483 e. The fraction of sp³-hybridized carbons (Fsp3) is 0.406. The van der Waals surface area contributed by atoms with E-state index in [-0.39, 0.29) is 22.8 Å². The first-order chi connectivity index (χ1) is 20.6. The molecule has 2 heterocycles. The molecule has 4 rings (SSSR count). The smallest absolute Gasteiger partial charge is 0.328 e. The van der Waals surface area contributed by atoms with Gasteiger partial charge in [-0.05, 0) is 58.6 Å². The maximum Gasteiger partial charge on any atom is 0.328 e. The molecule has 1 aromatic heterocycles. The number of sulfone groups is 1. The Morgan fingerprint density at radius 1 is 1.14 bits per heavy atom. The number of carbonyl (C=O) groups excluding carboxylic acids is 2. The van der Waals surface area contributed by atoms with Crippen molar-refractivity contribution < 1.29 is 27.5 Å². The Bertz CT molecular complexity index is 1520. The zero-order chi connectivity index (χ0) is 31.0. The van der Waals surface area contributed by atoms with Crippen LogP contribution in [0.2, 0.25) is 0 Å². The lowest BCUT2D eigenvalue weighted by Gasteiger charge is -2.36. The first kappa shape index (κ1) is 32.5. The number of nitrogens with zero attached hydrogens (tertiary/aromatic N) is 2. The Morgan fingerprint density at radius 2 is 1.91 bits per heavy atom. The van der Waals surface area contributed by atoms with Gasteiger partial charge in [0.05, 0.1) is 27.9 Å². The van der Waals surface area contributed by atoms with Crippen molar-refractivity contribution >= 4 is 49.0 Å². The van der Waals surface area contributed by atoms with E-state index in [1.807, 2.05) is 30.3 Å². The number of ether oxygens (including phenoxy) is 2. The van der Waals surface area contributed by atoms with E-state index in [2.05, 4.69) is 45.0 Å². The number of carbonyl (C=O) groups is 2. The zero-order valence-electron chi connectivity index (χ0n) is 24.7. The van der Waals surface area contributed by atoms with Gasteiger partial charge in [-0.2, -0.15) is 0 Å². The molecule has 2 atom stereocenters. The molecule has 2 aromatic carbocycles.